The Morgan fingerprint density at radius 1 is 1.36 bits per heavy atom. The van der Waals surface area contributed by atoms with Crippen LogP contribution in [0.4, 0.5) is 4.39 Å². The topological polar surface area (TPSA) is 26.3 Å². The van der Waals surface area contributed by atoms with E-state index in [4.69, 9.17) is 0 Å². The van der Waals surface area contributed by atoms with Crippen molar-refractivity contribution in [2.24, 2.45) is 5.92 Å². The molecular formula is C11H13FO2. The molecule has 0 amide bonds. The second-order valence-corrected chi connectivity index (χ2v) is 3.12. The van der Waals surface area contributed by atoms with Crippen LogP contribution in [0.25, 0.3) is 0 Å². The van der Waals surface area contributed by atoms with Crippen molar-refractivity contribution in [3.05, 3.63) is 35.9 Å². The number of methoxy groups -OCH3 is 1. The van der Waals surface area contributed by atoms with Crippen LogP contribution in [0.5, 0.6) is 0 Å². The summed E-state index contributed by atoms with van der Waals surface area (Å²) in [6, 6.07) is 8.60. The van der Waals surface area contributed by atoms with Crippen LogP contribution in [0, 0.1) is 5.92 Å². The normalized spacial score (nSPS) is 14.5. The molecule has 0 aromatic heterocycles. The highest BCUT2D eigenvalue weighted by Gasteiger charge is 2.25. The standard InChI is InChI=1S/C11H13FO2/c1-8(11(13)14-2)10(12)9-6-4-3-5-7-9/h3-8,10H,1-2H3/t8-,10-/m1/s1. The van der Waals surface area contributed by atoms with Gasteiger partial charge in [-0.3, -0.25) is 4.79 Å². The fourth-order valence-corrected chi connectivity index (χ4v) is 1.23. The third-order valence-electron chi connectivity index (χ3n) is 2.13. The molecule has 2 atom stereocenters. The maximum atomic E-state index is 13.7. The molecule has 0 spiro atoms. The Labute approximate surface area is 82.7 Å². The van der Waals surface area contributed by atoms with Crippen molar-refractivity contribution in [2.45, 2.75) is 13.1 Å². The zero-order chi connectivity index (χ0) is 10.6. The Bertz CT molecular complexity index is 297. The van der Waals surface area contributed by atoms with E-state index in [9.17, 15) is 9.18 Å². The van der Waals surface area contributed by atoms with Gasteiger partial charge in [0.15, 0.2) is 0 Å². The van der Waals surface area contributed by atoms with Gasteiger partial charge in [0.1, 0.15) is 6.17 Å². The monoisotopic (exact) mass is 196 g/mol. The van der Waals surface area contributed by atoms with E-state index in [0.29, 0.717) is 5.56 Å². The summed E-state index contributed by atoms with van der Waals surface area (Å²) in [6.07, 6.45) is -1.30. The first-order chi connectivity index (χ1) is 6.66. The molecule has 76 valence electrons. The first-order valence-corrected chi connectivity index (χ1v) is 4.43. The van der Waals surface area contributed by atoms with Crippen molar-refractivity contribution >= 4 is 5.97 Å². The number of hydrogen-bond acceptors (Lipinski definition) is 2. The van der Waals surface area contributed by atoms with Crippen molar-refractivity contribution in [3.8, 4) is 0 Å². The molecular weight excluding hydrogens is 183 g/mol. The van der Waals surface area contributed by atoms with Gasteiger partial charge in [-0.2, -0.15) is 0 Å². The predicted molar refractivity (Wildman–Crippen MR) is 51.5 cm³/mol. The van der Waals surface area contributed by atoms with Gasteiger partial charge in [0, 0.05) is 0 Å². The lowest BCUT2D eigenvalue weighted by atomic mass is 9.99. The molecule has 0 saturated heterocycles. The Morgan fingerprint density at radius 2 is 1.93 bits per heavy atom. The molecule has 0 bridgehead atoms. The number of ether oxygens (including phenoxy) is 1. The molecule has 0 aliphatic heterocycles. The average molecular weight is 196 g/mol. The van der Waals surface area contributed by atoms with Gasteiger partial charge in [-0.15, -0.1) is 0 Å². The van der Waals surface area contributed by atoms with E-state index in [-0.39, 0.29) is 0 Å². The van der Waals surface area contributed by atoms with Crippen LogP contribution < -0.4 is 0 Å². The number of hydrogen-bond donors (Lipinski definition) is 0. The van der Waals surface area contributed by atoms with Gasteiger partial charge in [-0.1, -0.05) is 30.3 Å². The second kappa shape index (κ2) is 4.74. The van der Waals surface area contributed by atoms with E-state index in [0.717, 1.165) is 0 Å². The smallest absolute Gasteiger partial charge is 0.311 e. The van der Waals surface area contributed by atoms with Gasteiger partial charge in [0.25, 0.3) is 0 Å². The Hall–Kier alpha value is -1.38. The fourth-order valence-electron chi connectivity index (χ4n) is 1.23. The van der Waals surface area contributed by atoms with E-state index < -0.39 is 18.1 Å². The number of esters is 1. The molecule has 0 aliphatic carbocycles. The molecule has 1 rings (SSSR count). The Morgan fingerprint density at radius 3 is 2.43 bits per heavy atom. The summed E-state index contributed by atoms with van der Waals surface area (Å²) >= 11 is 0. The van der Waals surface area contributed by atoms with Crippen molar-refractivity contribution < 1.29 is 13.9 Å². The molecule has 0 heterocycles. The lowest BCUT2D eigenvalue weighted by Crippen LogP contribution is -2.18. The maximum absolute atomic E-state index is 13.7. The number of carbonyl (C=O) groups is 1. The van der Waals surface area contributed by atoms with Gasteiger partial charge < -0.3 is 4.74 Å². The van der Waals surface area contributed by atoms with Gasteiger partial charge in [0.2, 0.25) is 0 Å². The molecule has 0 N–H and O–H groups in total. The number of halogens is 1. The van der Waals surface area contributed by atoms with Crippen LogP contribution in [-0.2, 0) is 9.53 Å². The summed E-state index contributed by atoms with van der Waals surface area (Å²) in [5, 5.41) is 0. The van der Waals surface area contributed by atoms with Crippen LogP contribution in [0.1, 0.15) is 18.7 Å². The van der Waals surface area contributed by atoms with Crippen LogP contribution in [0.2, 0.25) is 0 Å². The van der Waals surface area contributed by atoms with E-state index in [2.05, 4.69) is 4.74 Å². The zero-order valence-electron chi connectivity index (χ0n) is 8.24. The summed E-state index contributed by atoms with van der Waals surface area (Å²) in [7, 11) is 1.26. The SMILES string of the molecule is COC(=O)[C@H](C)[C@@H](F)c1ccccc1. The van der Waals surface area contributed by atoms with Gasteiger partial charge in [-0.25, -0.2) is 4.39 Å². The minimum atomic E-state index is -1.30. The molecule has 14 heavy (non-hydrogen) atoms. The third-order valence-corrected chi connectivity index (χ3v) is 2.13. The second-order valence-electron chi connectivity index (χ2n) is 3.12. The van der Waals surface area contributed by atoms with Crippen LogP contribution >= 0.6 is 0 Å². The van der Waals surface area contributed by atoms with Crippen molar-refractivity contribution in [2.75, 3.05) is 7.11 Å². The van der Waals surface area contributed by atoms with Crippen molar-refractivity contribution in [1.82, 2.24) is 0 Å². The average Bonchev–Trinajstić information content (AvgIpc) is 2.27. The van der Waals surface area contributed by atoms with E-state index >= 15 is 0 Å². The molecule has 0 fully saturated rings. The lowest BCUT2D eigenvalue weighted by Gasteiger charge is -2.14. The summed E-state index contributed by atoms with van der Waals surface area (Å²) in [4.78, 5) is 11.1. The summed E-state index contributed by atoms with van der Waals surface area (Å²) in [5.74, 6) is -1.29. The minimum Gasteiger partial charge on any atom is -0.469 e. The van der Waals surface area contributed by atoms with Crippen LogP contribution in [0.3, 0.4) is 0 Å². The van der Waals surface area contributed by atoms with Gasteiger partial charge >= 0.3 is 5.97 Å². The number of alkyl halides is 1. The van der Waals surface area contributed by atoms with Crippen molar-refractivity contribution in [3.63, 3.8) is 0 Å². The van der Waals surface area contributed by atoms with Crippen molar-refractivity contribution in [1.29, 1.82) is 0 Å². The Balaban J connectivity index is 2.75. The molecule has 0 saturated carbocycles. The Kier molecular flexibility index (Phi) is 3.63. The molecule has 0 aliphatic rings. The highest BCUT2D eigenvalue weighted by molar-refractivity contribution is 5.72. The van der Waals surface area contributed by atoms with Crippen LogP contribution in [-0.4, -0.2) is 13.1 Å². The van der Waals surface area contributed by atoms with Gasteiger partial charge in [-0.05, 0) is 12.5 Å². The quantitative estimate of drug-likeness (QED) is 0.694. The summed E-state index contributed by atoms with van der Waals surface area (Å²) < 4.78 is 18.1. The lowest BCUT2D eigenvalue weighted by molar-refractivity contribution is -0.147. The largest absolute Gasteiger partial charge is 0.469 e. The van der Waals surface area contributed by atoms with E-state index in [1.807, 2.05) is 0 Å². The van der Waals surface area contributed by atoms with E-state index in [1.54, 1.807) is 30.3 Å². The first kappa shape index (κ1) is 10.7. The fraction of sp³-hybridized carbons (Fsp3) is 0.364. The number of benzene rings is 1. The van der Waals surface area contributed by atoms with E-state index in [1.165, 1.54) is 14.0 Å². The van der Waals surface area contributed by atoms with Gasteiger partial charge in [0.05, 0.1) is 13.0 Å². The highest BCUT2D eigenvalue weighted by Crippen LogP contribution is 2.26. The molecule has 1 aromatic carbocycles. The molecule has 1 aromatic rings. The zero-order valence-corrected chi connectivity index (χ0v) is 8.24. The highest BCUT2D eigenvalue weighted by atomic mass is 19.1. The number of rotatable bonds is 3. The third kappa shape index (κ3) is 2.31. The predicted octanol–water partition coefficient (Wildman–Crippen LogP) is 2.51. The minimum absolute atomic E-state index is 0.505. The summed E-state index contributed by atoms with van der Waals surface area (Å²) in [5.41, 5.74) is 0.505. The molecule has 0 unspecified atom stereocenters. The molecule has 2 nitrogen and oxygen atoms in total. The summed E-state index contributed by atoms with van der Waals surface area (Å²) in [6.45, 7) is 1.52. The first-order valence-electron chi connectivity index (χ1n) is 4.43. The maximum Gasteiger partial charge on any atom is 0.311 e. The number of carbonyl (C=O) groups excluding carboxylic acids is 1. The van der Waals surface area contributed by atoms with Crippen LogP contribution in [0.15, 0.2) is 30.3 Å². The molecule has 0 radical (unpaired) electrons. The molecule has 3 heteroatoms.